The molecule has 0 aliphatic carbocycles. The van der Waals surface area contributed by atoms with Crippen molar-refractivity contribution in [3.8, 4) is 0 Å². The van der Waals surface area contributed by atoms with Gasteiger partial charge in [-0.15, -0.1) is 0 Å². The predicted octanol–water partition coefficient (Wildman–Crippen LogP) is -0.459. The third-order valence-corrected chi connectivity index (χ3v) is 6.64. The molecule has 12 N–H and O–H groups in total. The average Bonchev–Trinajstić information content (AvgIpc) is 3.34. The van der Waals surface area contributed by atoms with Gasteiger partial charge in [0.1, 0.15) is 18.1 Å². The zero-order valence-electron chi connectivity index (χ0n) is 24.3. The fourth-order valence-corrected chi connectivity index (χ4v) is 4.43. The highest BCUT2D eigenvalue weighted by molar-refractivity contribution is 5.94. The number of carbonyl (C=O) groups is 5. The fourth-order valence-electron chi connectivity index (χ4n) is 4.43. The van der Waals surface area contributed by atoms with Gasteiger partial charge in [0, 0.05) is 36.5 Å². The lowest BCUT2D eigenvalue weighted by Gasteiger charge is -2.26. The van der Waals surface area contributed by atoms with E-state index in [0.29, 0.717) is 12.0 Å². The molecule has 4 unspecified atom stereocenters. The standard InChI is InChI=1S/C28H42N8O7/c1-15(2)12-21(26(41)36-22(27(42)43)13-16-14-33-19-8-4-3-6-17(16)19)35-25(40)20(9-10-23(37)38)34-24(39)18(29)7-5-11-32-28(30)31/h3-4,6,8,14-15,18,20-22,33H,5,7,9-13,29H2,1-2H3,(H,34,39)(H,35,40)(H,36,41)(H,37,38)(H,42,43)(H4,30,31,32). The molecule has 3 amide bonds. The number of aromatic nitrogens is 1. The van der Waals surface area contributed by atoms with Crippen LogP contribution in [-0.4, -0.2) is 81.5 Å². The van der Waals surface area contributed by atoms with E-state index < -0.39 is 60.2 Å². The monoisotopic (exact) mass is 602 g/mol. The van der Waals surface area contributed by atoms with E-state index >= 15 is 0 Å². The molecule has 2 rings (SSSR count). The zero-order chi connectivity index (χ0) is 32.1. The number of fused-ring (bicyclic) bond motifs is 1. The predicted molar refractivity (Wildman–Crippen MR) is 160 cm³/mol. The molecule has 4 atom stereocenters. The van der Waals surface area contributed by atoms with Crippen LogP contribution in [-0.2, 0) is 30.4 Å². The van der Waals surface area contributed by atoms with Crippen molar-refractivity contribution in [2.45, 2.75) is 76.5 Å². The molecule has 0 fully saturated rings. The van der Waals surface area contributed by atoms with Gasteiger partial charge in [-0.25, -0.2) is 4.79 Å². The number of nitrogens with two attached hydrogens (primary N) is 3. The fraction of sp³-hybridized carbons (Fsp3) is 0.500. The van der Waals surface area contributed by atoms with Crippen LogP contribution in [0.3, 0.4) is 0 Å². The summed E-state index contributed by atoms with van der Waals surface area (Å²) in [4.78, 5) is 69.5. The van der Waals surface area contributed by atoms with Gasteiger partial charge in [0.15, 0.2) is 5.96 Å². The van der Waals surface area contributed by atoms with Crippen molar-refractivity contribution >= 4 is 46.5 Å². The minimum Gasteiger partial charge on any atom is -0.481 e. The van der Waals surface area contributed by atoms with E-state index in [-0.39, 0.29) is 44.1 Å². The maximum Gasteiger partial charge on any atom is 0.326 e. The molecule has 1 aromatic heterocycles. The Bertz CT molecular complexity index is 1310. The highest BCUT2D eigenvalue weighted by Crippen LogP contribution is 2.19. The third kappa shape index (κ3) is 11.6. The normalized spacial score (nSPS) is 13.9. The van der Waals surface area contributed by atoms with Crippen LogP contribution < -0.4 is 33.2 Å². The van der Waals surface area contributed by atoms with Crippen LogP contribution in [0.5, 0.6) is 0 Å². The number of H-pyrrole nitrogens is 1. The van der Waals surface area contributed by atoms with Gasteiger partial charge in [-0.3, -0.25) is 24.2 Å². The molecule has 0 saturated carbocycles. The summed E-state index contributed by atoms with van der Waals surface area (Å²) < 4.78 is 0. The van der Waals surface area contributed by atoms with E-state index in [1.807, 2.05) is 38.1 Å². The Morgan fingerprint density at radius 2 is 1.53 bits per heavy atom. The number of hydrogen-bond acceptors (Lipinski definition) is 7. The molecule has 1 aromatic carbocycles. The minimum atomic E-state index is -1.31. The van der Waals surface area contributed by atoms with Crippen LogP contribution in [0.1, 0.15) is 51.5 Å². The summed E-state index contributed by atoms with van der Waals surface area (Å²) in [5.41, 5.74) is 18.0. The lowest BCUT2D eigenvalue weighted by molar-refractivity contribution is -0.142. The summed E-state index contributed by atoms with van der Waals surface area (Å²) in [6, 6.07) is 2.56. The SMILES string of the molecule is CC(C)CC(NC(=O)C(CCC(=O)O)NC(=O)C(N)CCCN=C(N)N)C(=O)NC(Cc1c[nH]c2ccccc12)C(=O)O. The van der Waals surface area contributed by atoms with Crippen LogP contribution in [0, 0.1) is 5.92 Å². The van der Waals surface area contributed by atoms with Crippen LogP contribution in [0.4, 0.5) is 0 Å². The third-order valence-electron chi connectivity index (χ3n) is 6.64. The van der Waals surface area contributed by atoms with Crippen molar-refractivity contribution in [1.29, 1.82) is 0 Å². The molecule has 0 bridgehead atoms. The van der Waals surface area contributed by atoms with Crippen molar-refractivity contribution in [3.63, 3.8) is 0 Å². The van der Waals surface area contributed by atoms with E-state index in [1.54, 1.807) is 6.20 Å². The number of guanidine groups is 1. The van der Waals surface area contributed by atoms with Gasteiger partial charge in [-0.2, -0.15) is 0 Å². The molecule has 0 radical (unpaired) electrons. The first kappa shape index (κ1) is 34.5. The summed E-state index contributed by atoms with van der Waals surface area (Å²) in [6.07, 6.45) is 1.71. The average molecular weight is 603 g/mol. The maximum atomic E-state index is 13.3. The largest absolute Gasteiger partial charge is 0.481 e. The molecule has 0 saturated heterocycles. The molecule has 43 heavy (non-hydrogen) atoms. The second-order valence-corrected chi connectivity index (χ2v) is 10.7. The number of benzene rings is 1. The number of amides is 3. The molecule has 0 aliphatic heterocycles. The highest BCUT2D eigenvalue weighted by Gasteiger charge is 2.31. The Balaban J connectivity index is 2.14. The van der Waals surface area contributed by atoms with Crippen LogP contribution >= 0.6 is 0 Å². The topological polar surface area (TPSA) is 268 Å². The van der Waals surface area contributed by atoms with E-state index in [2.05, 4.69) is 25.9 Å². The van der Waals surface area contributed by atoms with E-state index in [9.17, 15) is 29.1 Å². The van der Waals surface area contributed by atoms with Crippen molar-refractivity contribution < 1.29 is 34.2 Å². The molecule has 236 valence electrons. The van der Waals surface area contributed by atoms with E-state index in [1.165, 1.54) is 0 Å². The summed E-state index contributed by atoms with van der Waals surface area (Å²) >= 11 is 0. The Labute approximate surface area is 249 Å². The number of rotatable bonds is 18. The number of nitrogens with one attached hydrogen (secondary N) is 4. The van der Waals surface area contributed by atoms with Crippen LogP contribution in [0.15, 0.2) is 35.5 Å². The van der Waals surface area contributed by atoms with Gasteiger partial charge in [0.2, 0.25) is 17.7 Å². The number of carbonyl (C=O) groups excluding carboxylic acids is 3. The first-order chi connectivity index (χ1) is 20.3. The van der Waals surface area contributed by atoms with Gasteiger partial charge in [-0.1, -0.05) is 32.0 Å². The molecular formula is C28H42N8O7. The second kappa shape index (κ2) is 16.7. The van der Waals surface area contributed by atoms with Crippen LogP contribution in [0.25, 0.3) is 10.9 Å². The lowest BCUT2D eigenvalue weighted by atomic mass is 10.0. The quantitative estimate of drug-likeness (QED) is 0.0602. The van der Waals surface area contributed by atoms with E-state index in [4.69, 9.17) is 22.3 Å². The van der Waals surface area contributed by atoms with Crippen molar-refractivity contribution in [2.75, 3.05) is 6.54 Å². The smallest absolute Gasteiger partial charge is 0.326 e. The van der Waals surface area contributed by atoms with Crippen LogP contribution in [0.2, 0.25) is 0 Å². The summed E-state index contributed by atoms with van der Waals surface area (Å²) in [7, 11) is 0. The van der Waals surface area contributed by atoms with Gasteiger partial charge >= 0.3 is 11.9 Å². The number of carboxylic acid groups (broad SMARTS) is 2. The number of aliphatic carboxylic acids is 2. The molecular weight excluding hydrogens is 560 g/mol. The zero-order valence-corrected chi connectivity index (χ0v) is 24.3. The summed E-state index contributed by atoms with van der Waals surface area (Å²) in [6.45, 7) is 3.88. The number of nitrogens with zero attached hydrogens (tertiary/aromatic N) is 1. The number of para-hydroxylation sites is 1. The van der Waals surface area contributed by atoms with Crippen molar-refractivity contribution in [3.05, 3.63) is 36.0 Å². The summed E-state index contributed by atoms with van der Waals surface area (Å²) in [5.74, 6) is -4.85. The highest BCUT2D eigenvalue weighted by atomic mass is 16.4. The van der Waals surface area contributed by atoms with Gasteiger partial charge in [0.25, 0.3) is 0 Å². The Hall–Kier alpha value is -4.66. The summed E-state index contributed by atoms with van der Waals surface area (Å²) in [5, 5.41) is 27.4. The molecule has 0 spiro atoms. The first-order valence-electron chi connectivity index (χ1n) is 14.0. The second-order valence-electron chi connectivity index (χ2n) is 10.7. The van der Waals surface area contributed by atoms with Gasteiger partial charge < -0.3 is 48.3 Å². The molecule has 15 nitrogen and oxygen atoms in total. The molecule has 0 aliphatic rings. The van der Waals surface area contributed by atoms with Crippen molar-refractivity contribution in [1.82, 2.24) is 20.9 Å². The molecule has 2 aromatic rings. The number of carboxylic acids is 2. The molecule has 1 heterocycles. The number of aliphatic imine (C=N–C) groups is 1. The van der Waals surface area contributed by atoms with Crippen molar-refractivity contribution in [2.24, 2.45) is 28.1 Å². The lowest BCUT2D eigenvalue weighted by Crippen LogP contribution is -2.57. The number of aromatic amines is 1. The minimum absolute atomic E-state index is 0.00814. The van der Waals surface area contributed by atoms with Gasteiger partial charge in [-0.05, 0) is 43.2 Å². The Morgan fingerprint density at radius 3 is 2.16 bits per heavy atom. The van der Waals surface area contributed by atoms with Gasteiger partial charge in [0.05, 0.1) is 6.04 Å². The number of hydrogen-bond donors (Lipinski definition) is 9. The van der Waals surface area contributed by atoms with E-state index in [0.717, 1.165) is 10.9 Å². The Kier molecular flexibility index (Phi) is 13.4. The maximum absolute atomic E-state index is 13.3. The molecule has 15 heteroatoms. The Morgan fingerprint density at radius 1 is 0.907 bits per heavy atom. The first-order valence-corrected chi connectivity index (χ1v) is 14.0.